The Morgan fingerprint density at radius 2 is 2.00 bits per heavy atom. The molecule has 0 bridgehead atoms. The minimum atomic E-state index is 0.150. The summed E-state index contributed by atoms with van der Waals surface area (Å²) in [4.78, 5) is 0. The first-order valence-corrected chi connectivity index (χ1v) is 5.11. The fourth-order valence-corrected chi connectivity index (χ4v) is 1.52. The Labute approximate surface area is 90.1 Å². The number of nitrogens with two attached hydrogens (primary N) is 1. The molecule has 15 heavy (non-hydrogen) atoms. The van der Waals surface area contributed by atoms with Gasteiger partial charge in [-0.25, -0.2) is 0 Å². The van der Waals surface area contributed by atoms with Gasteiger partial charge in [-0.2, -0.15) is 0 Å². The van der Waals surface area contributed by atoms with Crippen molar-refractivity contribution in [1.29, 1.82) is 0 Å². The molecule has 2 rings (SSSR count). The van der Waals surface area contributed by atoms with E-state index in [1.165, 1.54) is 5.57 Å². The van der Waals surface area contributed by atoms with Crippen LogP contribution < -0.4 is 10.5 Å². The molecule has 1 aromatic carbocycles. The molecule has 1 atom stereocenters. The van der Waals surface area contributed by atoms with Crippen molar-refractivity contribution in [1.82, 2.24) is 0 Å². The molecule has 78 valence electrons. The van der Waals surface area contributed by atoms with Crippen LogP contribution in [0.3, 0.4) is 0 Å². The van der Waals surface area contributed by atoms with Crippen LogP contribution in [0.4, 0.5) is 5.69 Å². The Hall–Kier alpha value is -1.70. The Bertz CT molecular complexity index is 390. The highest BCUT2D eigenvalue weighted by Gasteiger charge is 2.08. The smallest absolute Gasteiger partial charge is 0.121 e. The topological polar surface area (TPSA) is 35.2 Å². The normalized spacial score (nSPS) is 19.8. The summed E-state index contributed by atoms with van der Waals surface area (Å²) < 4.78 is 5.77. The van der Waals surface area contributed by atoms with E-state index in [1.807, 2.05) is 24.3 Å². The summed E-state index contributed by atoms with van der Waals surface area (Å²) in [5.41, 5.74) is 7.66. The summed E-state index contributed by atoms with van der Waals surface area (Å²) >= 11 is 0. The average molecular weight is 201 g/mol. The summed E-state index contributed by atoms with van der Waals surface area (Å²) in [7, 11) is 0. The molecule has 2 N–H and O–H groups in total. The molecule has 1 aliphatic carbocycles. The number of hydrogen-bond donors (Lipinski definition) is 1. The lowest BCUT2D eigenvalue weighted by atomic mass is 10.1. The Morgan fingerprint density at radius 3 is 2.60 bits per heavy atom. The minimum Gasteiger partial charge on any atom is -0.486 e. The van der Waals surface area contributed by atoms with E-state index in [4.69, 9.17) is 10.5 Å². The van der Waals surface area contributed by atoms with Gasteiger partial charge in [-0.3, -0.25) is 0 Å². The molecule has 2 heteroatoms. The Kier molecular flexibility index (Phi) is 2.77. The van der Waals surface area contributed by atoms with Gasteiger partial charge in [0.1, 0.15) is 11.9 Å². The van der Waals surface area contributed by atoms with Crippen LogP contribution in [-0.4, -0.2) is 6.10 Å². The van der Waals surface area contributed by atoms with E-state index >= 15 is 0 Å². The number of allylic oxidation sites excluding steroid dienone is 2. The van der Waals surface area contributed by atoms with Crippen LogP contribution >= 0.6 is 0 Å². The standard InChI is InChI=1S/C13H15NO/c1-10-2-6-12(7-3-10)15-13-8-4-11(14)5-9-13/h2-6,8-9,12H,7,14H2,1H3. The first kappa shape index (κ1) is 9.84. The summed E-state index contributed by atoms with van der Waals surface area (Å²) in [5.74, 6) is 0.867. The maximum absolute atomic E-state index is 5.77. The second-order valence-corrected chi connectivity index (χ2v) is 3.77. The van der Waals surface area contributed by atoms with Crippen molar-refractivity contribution in [3.05, 3.63) is 48.1 Å². The summed E-state index contributed by atoms with van der Waals surface area (Å²) in [6.07, 6.45) is 7.45. The molecule has 0 saturated heterocycles. The van der Waals surface area contributed by atoms with E-state index in [9.17, 15) is 0 Å². The molecule has 0 spiro atoms. The minimum absolute atomic E-state index is 0.150. The van der Waals surface area contributed by atoms with E-state index in [2.05, 4.69) is 25.2 Å². The van der Waals surface area contributed by atoms with E-state index in [0.29, 0.717) is 0 Å². The zero-order valence-corrected chi connectivity index (χ0v) is 8.81. The van der Waals surface area contributed by atoms with Crippen LogP contribution in [0.2, 0.25) is 0 Å². The van der Waals surface area contributed by atoms with E-state index in [0.717, 1.165) is 17.9 Å². The molecule has 1 aliphatic rings. The van der Waals surface area contributed by atoms with E-state index in [-0.39, 0.29) is 6.10 Å². The van der Waals surface area contributed by atoms with Gasteiger partial charge in [0.15, 0.2) is 0 Å². The van der Waals surface area contributed by atoms with Crippen molar-refractivity contribution in [2.45, 2.75) is 19.4 Å². The van der Waals surface area contributed by atoms with Crippen molar-refractivity contribution in [2.75, 3.05) is 5.73 Å². The van der Waals surface area contributed by atoms with Gasteiger partial charge >= 0.3 is 0 Å². The molecule has 0 saturated carbocycles. The van der Waals surface area contributed by atoms with Gasteiger partial charge in [-0.1, -0.05) is 17.7 Å². The molecular weight excluding hydrogens is 186 g/mol. The predicted octanol–water partition coefficient (Wildman–Crippen LogP) is 2.92. The molecule has 0 heterocycles. The largest absolute Gasteiger partial charge is 0.486 e. The third kappa shape index (κ3) is 2.62. The van der Waals surface area contributed by atoms with Crippen LogP contribution in [0.25, 0.3) is 0 Å². The highest BCUT2D eigenvalue weighted by Crippen LogP contribution is 2.19. The molecule has 0 aliphatic heterocycles. The zero-order valence-electron chi connectivity index (χ0n) is 8.81. The number of rotatable bonds is 2. The second-order valence-electron chi connectivity index (χ2n) is 3.77. The van der Waals surface area contributed by atoms with E-state index in [1.54, 1.807) is 0 Å². The van der Waals surface area contributed by atoms with Gasteiger partial charge < -0.3 is 10.5 Å². The lowest BCUT2D eigenvalue weighted by Crippen LogP contribution is -2.14. The Morgan fingerprint density at radius 1 is 1.27 bits per heavy atom. The fourth-order valence-electron chi connectivity index (χ4n) is 1.52. The summed E-state index contributed by atoms with van der Waals surface area (Å²) in [5, 5.41) is 0. The van der Waals surface area contributed by atoms with E-state index < -0.39 is 0 Å². The van der Waals surface area contributed by atoms with Crippen LogP contribution in [0.5, 0.6) is 5.75 Å². The van der Waals surface area contributed by atoms with Crippen LogP contribution in [0.1, 0.15) is 13.3 Å². The molecule has 2 nitrogen and oxygen atoms in total. The van der Waals surface area contributed by atoms with Crippen molar-refractivity contribution in [2.24, 2.45) is 0 Å². The predicted molar refractivity (Wildman–Crippen MR) is 62.8 cm³/mol. The number of benzene rings is 1. The van der Waals surface area contributed by atoms with Crippen LogP contribution in [0.15, 0.2) is 48.1 Å². The van der Waals surface area contributed by atoms with Gasteiger partial charge in [0.2, 0.25) is 0 Å². The molecule has 0 fully saturated rings. The second kappa shape index (κ2) is 4.22. The van der Waals surface area contributed by atoms with Crippen molar-refractivity contribution in [3.8, 4) is 5.75 Å². The first-order chi connectivity index (χ1) is 7.24. The maximum Gasteiger partial charge on any atom is 0.121 e. The maximum atomic E-state index is 5.77. The van der Waals surface area contributed by atoms with Crippen LogP contribution in [0, 0.1) is 0 Å². The fraction of sp³-hybridized carbons (Fsp3) is 0.231. The molecule has 1 unspecified atom stereocenters. The third-order valence-electron chi connectivity index (χ3n) is 2.41. The molecule has 0 aromatic heterocycles. The van der Waals surface area contributed by atoms with Crippen LogP contribution in [-0.2, 0) is 0 Å². The quantitative estimate of drug-likeness (QED) is 0.747. The number of anilines is 1. The highest BCUT2D eigenvalue weighted by molar-refractivity contribution is 5.41. The number of hydrogen-bond acceptors (Lipinski definition) is 2. The van der Waals surface area contributed by atoms with Gasteiger partial charge in [0, 0.05) is 12.1 Å². The first-order valence-electron chi connectivity index (χ1n) is 5.11. The zero-order chi connectivity index (χ0) is 10.7. The molecule has 1 aromatic rings. The number of ether oxygens (including phenoxy) is 1. The molecular formula is C13H15NO. The molecule has 0 amide bonds. The Balaban J connectivity index is 1.99. The lowest BCUT2D eigenvalue weighted by Gasteiger charge is -2.17. The monoisotopic (exact) mass is 201 g/mol. The van der Waals surface area contributed by atoms with Gasteiger partial charge in [0.05, 0.1) is 0 Å². The lowest BCUT2D eigenvalue weighted by molar-refractivity contribution is 0.251. The summed E-state index contributed by atoms with van der Waals surface area (Å²) in [6, 6.07) is 7.49. The summed E-state index contributed by atoms with van der Waals surface area (Å²) in [6.45, 7) is 2.09. The number of nitrogen functional groups attached to an aromatic ring is 1. The van der Waals surface area contributed by atoms with Crippen molar-refractivity contribution >= 4 is 5.69 Å². The molecule has 0 radical (unpaired) electrons. The van der Waals surface area contributed by atoms with Gasteiger partial charge in [-0.05, 0) is 37.3 Å². The third-order valence-corrected chi connectivity index (χ3v) is 2.41. The highest BCUT2D eigenvalue weighted by atomic mass is 16.5. The SMILES string of the molecule is CC1=CCC(Oc2ccc(N)cc2)C=C1. The van der Waals surface area contributed by atoms with Gasteiger partial charge in [-0.15, -0.1) is 0 Å². The van der Waals surface area contributed by atoms with Gasteiger partial charge in [0.25, 0.3) is 0 Å². The average Bonchev–Trinajstić information content (AvgIpc) is 2.25. The van der Waals surface area contributed by atoms with Crippen molar-refractivity contribution < 1.29 is 4.74 Å². The van der Waals surface area contributed by atoms with Crippen molar-refractivity contribution in [3.63, 3.8) is 0 Å².